The molecule has 0 aromatic heterocycles. The van der Waals surface area contributed by atoms with Gasteiger partial charge in [-0.1, -0.05) is 65.5 Å². The fourth-order valence-electron chi connectivity index (χ4n) is 8.74. The van der Waals surface area contributed by atoms with Gasteiger partial charge in [-0.15, -0.1) is 0 Å². The van der Waals surface area contributed by atoms with Crippen LogP contribution < -0.4 is 5.73 Å². The molecular weight excluding hydrogens is 438 g/mol. The minimum absolute atomic E-state index is 0.0766. The molecule has 0 aliphatic heterocycles. The molecule has 0 bridgehead atoms. The molecule has 3 fully saturated rings. The predicted molar refractivity (Wildman–Crippen MR) is 142 cm³/mol. The Morgan fingerprint density at radius 3 is 2.40 bits per heavy atom. The number of aliphatic hydroxyl groups is 2. The Morgan fingerprint density at radius 2 is 1.80 bits per heavy atom. The molecule has 0 amide bonds. The molecule has 202 valence electrons. The third-order valence-corrected chi connectivity index (χ3v) is 10.8. The molecule has 0 saturated heterocycles. The summed E-state index contributed by atoms with van der Waals surface area (Å²) in [4.78, 5) is 9.65. The third kappa shape index (κ3) is 5.99. The molecule has 5 N–H and O–H groups in total. The molecule has 4 aliphatic rings. The van der Waals surface area contributed by atoms with Gasteiger partial charge in [0.05, 0.1) is 12.7 Å². The lowest BCUT2D eigenvalue weighted by Gasteiger charge is -2.58. The van der Waals surface area contributed by atoms with Crippen LogP contribution in [0.3, 0.4) is 0 Å². The van der Waals surface area contributed by atoms with Gasteiger partial charge in [-0.05, 0) is 97.7 Å². The zero-order valence-electron chi connectivity index (χ0n) is 23.0. The van der Waals surface area contributed by atoms with Gasteiger partial charge < -0.3 is 21.1 Å². The van der Waals surface area contributed by atoms with E-state index in [1.165, 1.54) is 57.8 Å². The normalized spacial score (nSPS) is 39.9. The Balaban J connectivity index is 0.000000429. The fraction of sp³-hybridized carbons (Fsp3) is 0.900. The second-order valence-electron chi connectivity index (χ2n) is 13.3. The van der Waals surface area contributed by atoms with E-state index in [-0.39, 0.29) is 6.10 Å². The summed E-state index contributed by atoms with van der Waals surface area (Å²) in [6, 6.07) is -1.13. The molecule has 2 unspecified atom stereocenters. The van der Waals surface area contributed by atoms with E-state index in [2.05, 4.69) is 40.7 Å². The number of aliphatic hydroxyl groups excluding tert-OH is 2. The first-order chi connectivity index (χ1) is 16.4. The first-order valence-electron chi connectivity index (χ1n) is 14.4. The lowest BCUT2D eigenvalue weighted by molar-refractivity contribution is -0.139. The van der Waals surface area contributed by atoms with E-state index in [1.54, 1.807) is 5.57 Å². The van der Waals surface area contributed by atoms with Crippen LogP contribution >= 0.6 is 0 Å². The number of aliphatic carboxylic acids is 1. The van der Waals surface area contributed by atoms with Gasteiger partial charge in [-0.3, -0.25) is 4.79 Å². The molecule has 4 aliphatic carbocycles. The second-order valence-corrected chi connectivity index (χ2v) is 13.3. The number of rotatable bonds is 7. The van der Waals surface area contributed by atoms with Gasteiger partial charge in [0.15, 0.2) is 0 Å². The van der Waals surface area contributed by atoms with Crippen molar-refractivity contribution in [1.29, 1.82) is 0 Å². The summed E-state index contributed by atoms with van der Waals surface area (Å²) < 4.78 is 0. The summed E-state index contributed by atoms with van der Waals surface area (Å²) >= 11 is 0. The summed E-state index contributed by atoms with van der Waals surface area (Å²) in [7, 11) is 0. The number of carboxylic acid groups (broad SMARTS) is 1. The average Bonchev–Trinajstić information content (AvgIpc) is 3.16. The number of nitrogens with two attached hydrogens (primary N) is 1. The topological polar surface area (TPSA) is 104 Å². The van der Waals surface area contributed by atoms with Crippen molar-refractivity contribution in [1.82, 2.24) is 0 Å². The van der Waals surface area contributed by atoms with E-state index < -0.39 is 18.6 Å². The quantitative estimate of drug-likeness (QED) is 0.338. The highest BCUT2D eigenvalue weighted by atomic mass is 16.4. The molecule has 35 heavy (non-hydrogen) atoms. The Kier molecular flexibility index (Phi) is 9.54. The van der Waals surface area contributed by atoms with Gasteiger partial charge in [-0.2, -0.15) is 0 Å². The standard InChI is InChI=1S/C27H46O.C3H7NO3/c1-18(2)7-6-8-19(3)23-11-12-24-22-10-9-20-17-21(28)13-15-26(20,4)25(22)14-16-27(23,24)5;4-2(1-5)3(6)7/h9,18-19,21-25,28H,6-8,10-17H2,1-5H3;2,5H,1,4H2,(H,6,7)/t19?,21-,22-,23+,24-,25-,26-,27+;/m0./s1. The van der Waals surface area contributed by atoms with Crippen LogP contribution in [0.2, 0.25) is 0 Å². The minimum Gasteiger partial charge on any atom is -0.480 e. The second kappa shape index (κ2) is 11.6. The molecule has 0 radical (unpaired) electrons. The van der Waals surface area contributed by atoms with Gasteiger partial charge in [0.25, 0.3) is 0 Å². The summed E-state index contributed by atoms with van der Waals surface area (Å²) in [5.41, 5.74) is 7.37. The van der Waals surface area contributed by atoms with Crippen molar-refractivity contribution in [2.75, 3.05) is 6.61 Å². The van der Waals surface area contributed by atoms with Crippen molar-refractivity contribution in [3.05, 3.63) is 11.6 Å². The Hall–Kier alpha value is -0.910. The molecule has 9 atom stereocenters. The van der Waals surface area contributed by atoms with Crippen LogP contribution in [0.15, 0.2) is 11.6 Å². The zero-order chi connectivity index (χ0) is 26.0. The Labute approximate surface area is 213 Å². The molecule has 0 spiro atoms. The van der Waals surface area contributed by atoms with Crippen LogP contribution in [0, 0.1) is 46.3 Å². The van der Waals surface area contributed by atoms with Crippen molar-refractivity contribution in [3.8, 4) is 0 Å². The van der Waals surface area contributed by atoms with E-state index in [4.69, 9.17) is 15.9 Å². The number of allylic oxidation sites excluding steroid dienone is 1. The predicted octanol–water partition coefficient (Wildman–Crippen LogP) is 5.78. The highest BCUT2D eigenvalue weighted by Crippen LogP contribution is 2.67. The minimum atomic E-state index is -1.18. The van der Waals surface area contributed by atoms with Crippen LogP contribution in [0.1, 0.15) is 105 Å². The molecule has 0 aromatic carbocycles. The average molecular weight is 492 g/mol. The first kappa shape index (κ1) is 28.7. The molecule has 3 saturated carbocycles. The van der Waals surface area contributed by atoms with Gasteiger partial charge >= 0.3 is 5.97 Å². The smallest absolute Gasteiger partial charge is 0.322 e. The van der Waals surface area contributed by atoms with Crippen molar-refractivity contribution < 1.29 is 20.1 Å². The van der Waals surface area contributed by atoms with Gasteiger partial charge in [0, 0.05) is 0 Å². The van der Waals surface area contributed by atoms with E-state index >= 15 is 0 Å². The maximum absolute atomic E-state index is 10.2. The number of hydrogen-bond acceptors (Lipinski definition) is 4. The third-order valence-electron chi connectivity index (χ3n) is 10.8. The van der Waals surface area contributed by atoms with E-state index in [9.17, 15) is 9.90 Å². The maximum Gasteiger partial charge on any atom is 0.322 e. The van der Waals surface area contributed by atoms with E-state index in [0.717, 1.165) is 48.3 Å². The summed E-state index contributed by atoms with van der Waals surface area (Å²) in [5, 5.41) is 26.1. The lowest BCUT2D eigenvalue weighted by atomic mass is 9.47. The van der Waals surface area contributed by atoms with Crippen LogP contribution in [0.5, 0.6) is 0 Å². The number of fused-ring (bicyclic) bond motifs is 5. The van der Waals surface area contributed by atoms with Gasteiger partial charge in [-0.25, -0.2) is 0 Å². The molecule has 5 nitrogen and oxygen atoms in total. The number of hydrogen-bond donors (Lipinski definition) is 4. The van der Waals surface area contributed by atoms with Crippen molar-refractivity contribution in [2.24, 2.45) is 52.1 Å². The SMILES string of the molecule is CC(C)CCCC(C)[C@H]1CC[C@H]2[C@@H]3CC=C4C[C@@H](O)CC[C@]4(C)[C@H]3CC[C@]12C.NC(CO)C(=O)O. The molecular formula is C30H53NO4. The Bertz CT molecular complexity index is 751. The molecule has 0 aromatic rings. The molecule has 5 heteroatoms. The highest BCUT2D eigenvalue weighted by Gasteiger charge is 2.59. The molecule has 4 rings (SSSR count). The lowest BCUT2D eigenvalue weighted by Crippen LogP contribution is -2.50. The summed E-state index contributed by atoms with van der Waals surface area (Å²) in [6.07, 6.45) is 17.2. The summed E-state index contributed by atoms with van der Waals surface area (Å²) in [5.74, 6) is 4.28. The summed E-state index contributed by atoms with van der Waals surface area (Å²) in [6.45, 7) is 12.1. The monoisotopic (exact) mass is 491 g/mol. The van der Waals surface area contributed by atoms with Crippen molar-refractivity contribution in [3.63, 3.8) is 0 Å². The highest BCUT2D eigenvalue weighted by molar-refractivity contribution is 5.73. The number of carboxylic acids is 1. The van der Waals surface area contributed by atoms with Crippen LogP contribution in [-0.2, 0) is 4.79 Å². The van der Waals surface area contributed by atoms with Crippen molar-refractivity contribution >= 4 is 5.97 Å². The molecule has 0 heterocycles. The largest absolute Gasteiger partial charge is 0.480 e. The van der Waals surface area contributed by atoms with E-state index in [1.807, 2.05) is 0 Å². The van der Waals surface area contributed by atoms with Crippen LogP contribution in [0.4, 0.5) is 0 Å². The first-order valence-corrected chi connectivity index (χ1v) is 14.4. The number of carbonyl (C=O) groups is 1. The van der Waals surface area contributed by atoms with Crippen LogP contribution in [0.25, 0.3) is 0 Å². The van der Waals surface area contributed by atoms with Crippen LogP contribution in [-0.4, -0.2) is 40.0 Å². The fourth-order valence-corrected chi connectivity index (χ4v) is 8.74. The van der Waals surface area contributed by atoms with Gasteiger partial charge in [0.2, 0.25) is 0 Å². The zero-order valence-corrected chi connectivity index (χ0v) is 23.0. The maximum atomic E-state index is 10.2. The van der Waals surface area contributed by atoms with E-state index in [0.29, 0.717) is 10.8 Å². The van der Waals surface area contributed by atoms with Crippen molar-refractivity contribution in [2.45, 2.75) is 117 Å². The van der Waals surface area contributed by atoms with Gasteiger partial charge in [0.1, 0.15) is 6.04 Å². The Morgan fingerprint density at radius 1 is 1.09 bits per heavy atom.